The van der Waals surface area contributed by atoms with E-state index in [0.717, 1.165) is 47.4 Å². The number of anilines is 1. The van der Waals surface area contributed by atoms with Crippen LogP contribution in [0.3, 0.4) is 0 Å². The highest BCUT2D eigenvalue weighted by Crippen LogP contribution is 2.39. The molecule has 1 saturated carbocycles. The number of carbonyl (C=O) groups is 1. The van der Waals surface area contributed by atoms with Crippen LogP contribution in [-0.2, 0) is 9.53 Å². The van der Waals surface area contributed by atoms with Gasteiger partial charge in [0.25, 0.3) is 0 Å². The summed E-state index contributed by atoms with van der Waals surface area (Å²) in [6.45, 7) is 3.66. The third kappa shape index (κ3) is 4.97. The first-order chi connectivity index (χ1) is 18.2. The van der Waals surface area contributed by atoms with Crippen LogP contribution in [0.25, 0.3) is 16.6 Å². The molecule has 0 unspecified atom stereocenters. The van der Waals surface area contributed by atoms with Crippen molar-refractivity contribution in [2.75, 3.05) is 5.73 Å². The molecule has 196 valence electrons. The zero-order valence-electron chi connectivity index (χ0n) is 21.1. The summed E-state index contributed by atoms with van der Waals surface area (Å²) >= 11 is 1.36. The van der Waals surface area contributed by atoms with E-state index in [4.69, 9.17) is 21.3 Å². The van der Waals surface area contributed by atoms with Gasteiger partial charge in [-0.1, -0.05) is 11.8 Å². The minimum atomic E-state index is -0.623. The number of rotatable bonds is 6. The summed E-state index contributed by atoms with van der Waals surface area (Å²) in [5, 5.41) is 18.7. The molecule has 0 bridgehead atoms. The average molecular weight is 534 g/mol. The molecule has 1 aliphatic rings. The van der Waals surface area contributed by atoms with Crippen molar-refractivity contribution in [3.63, 3.8) is 0 Å². The van der Waals surface area contributed by atoms with E-state index in [1.807, 2.05) is 30.1 Å². The van der Waals surface area contributed by atoms with Crippen LogP contribution in [0.15, 0.2) is 52.6 Å². The van der Waals surface area contributed by atoms with Gasteiger partial charge in [0.05, 0.1) is 29.5 Å². The van der Waals surface area contributed by atoms with Gasteiger partial charge in [0.2, 0.25) is 0 Å². The third-order valence-corrected chi connectivity index (χ3v) is 8.01. The highest BCUT2D eigenvalue weighted by atomic mass is 32.2. The number of hydrogen-bond acceptors (Lipinski definition) is 8. The van der Waals surface area contributed by atoms with Gasteiger partial charge >= 0.3 is 5.97 Å². The van der Waals surface area contributed by atoms with Crippen molar-refractivity contribution in [3.05, 3.63) is 59.9 Å². The lowest BCUT2D eigenvalue weighted by atomic mass is 9.92. The summed E-state index contributed by atoms with van der Waals surface area (Å²) in [6.07, 6.45) is 8.34. The van der Waals surface area contributed by atoms with E-state index in [1.165, 1.54) is 30.1 Å². The lowest BCUT2D eigenvalue weighted by Crippen LogP contribution is -2.34. The van der Waals surface area contributed by atoms with Crippen LogP contribution in [0.1, 0.15) is 49.9 Å². The quantitative estimate of drug-likeness (QED) is 0.270. The number of ether oxygens (including phenoxy) is 1. The molecule has 0 amide bonds. The summed E-state index contributed by atoms with van der Waals surface area (Å²) in [5.74, 6) is -0.771. The summed E-state index contributed by atoms with van der Waals surface area (Å²) in [4.78, 5) is 13.3. The minimum Gasteiger partial charge on any atom is -0.461 e. The van der Waals surface area contributed by atoms with Crippen molar-refractivity contribution in [1.82, 2.24) is 19.4 Å². The van der Waals surface area contributed by atoms with E-state index in [-0.39, 0.29) is 18.1 Å². The van der Waals surface area contributed by atoms with Gasteiger partial charge in [0.15, 0.2) is 0 Å². The van der Waals surface area contributed by atoms with Gasteiger partial charge in [-0.15, -0.1) is 0 Å². The average Bonchev–Trinajstić information content (AvgIpc) is 3.49. The van der Waals surface area contributed by atoms with E-state index in [1.54, 1.807) is 17.5 Å². The first kappa shape index (κ1) is 25.8. The molecule has 1 aliphatic carbocycles. The van der Waals surface area contributed by atoms with Crippen LogP contribution in [0.4, 0.5) is 10.1 Å². The molecule has 0 spiro atoms. The summed E-state index contributed by atoms with van der Waals surface area (Å²) in [5.41, 5.74) is 16.0. The van der Waals surface area contributed by atoms with Gasteiger partial charge in [0, 0.05) is 38.5 Å². The van der Waals surface area contributed by atoms with Gasteiger partial charge in [-0.2, -0.15) is 15.5 Å². The second kappa shape index (κ2) is 10.5. The minimum absolute atomic E-state index is 0.116. The van der Waals surface area contributed by atoms with Crippen molar-refractivity contribution in [2.24, 2.45) is 5.73 Å². The van der Waals surface area contributed by atoms with E-state index in [2.05, 4.69) is 11.2 Å². The Balaban J connectivity index is 1.44. The number of nitrogens with zero attached hydrogens (tertiary/aromatic N) is 5. The Bertz CT molecular complexity index is 1550. The maximum atomic E-state index is 13.6. The maximum absolute atomic E-state index is 13.6. The van der Waals surface area contributed by atoms with Gasteiger partial charge in [-0.05, 0) is 63.8 Å². The molecule has 1 aromatic carbocycles. The molecule has 9 nitrogen and oxygen atoms in total. The van der Waals surface area contributed by atoms with Crippen molar-refractivity contribution < 1.29 is 13.9 Å². The smallest absolute Gasteiger partial charge is 0.322 e. The second-order valence-corrected chi connectivity index (χ2v) is 10.7. The summed E-state index contributed by atoms with van der Waals surface area (Å²) in [7, 11) is 0. The van der Waals surface area contributed by atoms with Crippen LogP contribution in [0.2, 0.25) is 0 Å². The molecule has 38 heavy (non-hydrogen) atoms. The predicted molar refractivity (Wildman–Crippen MR) is 142 cm³/mol. The number of fused-ring (bicyclic) bond motifs is 1. The van der Waals surface area contributed by atoms with Crippen LogP contribution >= 0.6 is 11.8 Å². The number of benzene rings is 1. The fourth-order valence-corrected chi connectivity index (χ4v) is 5.91. The Labute approximate surface area is 223 Å². The van der Waals surface area contributed by atoms with Gasteiger partial charge in [-0.3, -0.25) is 9.48 Å². The van der Waals surface area contributed by atoms with E-state index >= 15 is 0 Å². The SMILES string of the molecule is Cc1c(-c2cc(Sc3ccc(F)cc3N)c3c(C#N)cnn3c2)cnn1C1CCC(OC(=O)[C@H](C)N)CC1. The van der Waals surface area contributed by atoms with Crippen molar-refractivity contribution >= 4 is 28.9 Å². The van der Waals surface area contributed by atoms with Crippen LogP contribution in [-0.4, -0.2) is 37.5 Å². The van der Waals surface area contributed by atoms with E-state index in [0.29, 0.717) is 21.7 Å². The number of pyridine rings is 1. The summed E-state index contributed by atoms with van der Waals surface area (Å²) in [6, 6.07) is 8.04. The summed E-state index contributed by atoms with van der Waals surface area (Å²) < 4.78 is 22.9. The Kier molecular flexibility index (Phi) is 7.10. The van der Waals surface area contributed by atoms with Crippen molar-refractivity contribution in [1.29, 1.82) is 5.26 Å². The maximum Gasteiger partial charge on any atom is 0.322 e. The molecule has 0 aliphatic heterocycles. The normalized spacial score (nSPS) is 18.3. The van der Waals surface area contributed by atoms with Crippen molar-refractivity contribution in [3.8, 4) is 17.2 Å². The molecule has 3 aromatic heterocycles. The topological polar surface area (TPSA) is 137 Å². The third-order valence-electron chi connectivity index (χ3n) is 6.89. The fraction of sp³-hybridized carbons (Fsp3) is 0.333. The number of esters is 1. The molecule has 5 rings (SSSR count). The lowest BCUT2D eigenvalue weighted by molar-refractivity contribution is -0.152. The Hall–Kier alpha value is -3.88. The molecule has 0 radical (unpaired) electrons. The monoisotopic (exact) mass is 533 g/mol. The molecule has 4 N–H and O–H groups in total. The highest BCUT2D eigenvalue weighted by Gasteiger charge is 2.28. The molecular weight excluding hydrogens is 505 g/mol. The standard InChI is InChI=1S/C27H28FN7O2S/c1-15(30)27(36)37-21-6-4-20(5-7-21)35-16(2)22(13-33-35)17-9-25(26-18(11-29)12-32-34(26)14-17)38-24-8-3-19(28)10-23(24)31/h3,8-10,12-15,20-21H,4-7,30-31H2,1-2H3/t15-,20?,21?/m0/s1. The Morgan fingerprint density at radius 2 is 1.97 bits per heavy atom. The molecule has 1 fully saturated rings. The lowest BCUT2D eigenvalue weighted by Gasteiger charge is -2.29. The first-order valence-electron chi connectivity index (χ1n) is 12.4. The number of halogens is 1. The molecular formula is C27H28FN7O2S. The van der Waals surface area contributed by atoms with Crippen LogP contribution < -0.4 is 11.5 Å². The number of nitriles is 1. The largest absolute Gasteiger partial charge is 0.461 e. The van der Waals surface area contributed by atoms with Crippen LogP contribution in [0, 0.1) is 24.1 Å². The number of nitrogens with two attached hydrogens (primary N) is 2. The highest BCUT2D eigenvalue weighted by molar-refractivity contribution is 7.99. The van der Waals surface area contributed by atoms with E-state index in [9.17, 15) is 14.4 Å². The van der Waals surface area contributed by atoms with Crippen molar-refractivity contribution in [2.45, 2.75) is 67.5 Å². The van der Waals surface area contributed by atoms with E-state index < -0.39 is 11.9 Å². The van der Waals surface area contributed by atoms with Crippen LogP contribution in [0.5, 0.6) is 0 Å². The Morgan fingerprint density at radius 1 is 1.21 bits per heavy atom. The fourth-order valence-electron chi connectivity index (χ4n) is 4.88. The van der Waals surface area contributed by atoms with Gasteiger partial charge in [-0.25, -0.2) is 8.91 Å². The second-order valence-electron chi connectivity index (χ2n) is 9.58. The molecule has 3 heterocycles. The molecule has 4 aromatic rings. The molecule has 11 heteroatoms. The number of aromatic nitrogens is 4. The Morgan fingerprint density at radius 3 is 2.66 bits per heavy atom. The number of hydrogen-bond donors (Lipinski definition) is 2. The first-order valence-corrected chi connectivity index (χ1v) is 13.2. The number of nitrogen functional groups attached to an aromatic ring is 1. The number of carbonyl (C=O) groups excluding carboxylic acids is 1. The zero-order chi connectivity index (χ0) is 27.0. The van der Waals surface area contributed by atoms with Gasteiger partial charge < -0.3 is 16.2 Å². The molecule has 1 atom stereocenters. The van der Waals surface area contributed by atoms with Gasteiger partial charge in [0.1, 0.15) is 24.0 Å². The zero-order valence-corrected chi connectivity index (χ0v) is 21.9. The predicted octanol–water partition coefficient (Wildman–Crippen LogP) is 4.62. The molecule has 0 saturated heterocycles.